The number of aliphatic hydroxyl groups is 1. The number of halogens is 3. The van der Waals surface area contributed by atoms with Crippen LogP contribution in [0, 0.1) is 0 Å². The van der Waals surface area contributed by atoms with E-state index in [2.05, 4.69) is 30.6 Å². The van der Waals surface area contributed by atoms with Crippen LogP contribution in [0.1, 0.15) is 19.4 Å². The van der Waals surface area contributed by atoms with Gasteiger partial charge in [-0.3, -0.25) is 0 Å². The standard InChI is InChI=1S/C19H19F3N6O2/c1-11(12(2)29)26-16-15(19(20,21)22)10-25-17(28-16)27-13-4-6-14(7-5-13)30-18-23-8-3-9-24-18/h3-12,29H,1-2H3,(H2,25,26,27,28)/t11-,12-/m1/s1. The number of hydrogen-bond acceptors (Lipinski definition) is 8. The van der Waals surface area contributed by atoms with E-state index in [1.54, 1.807) is 49.6 Å². The number of aromatic nitrogens is 4. The Hall–Kier alpha value is -3.47. The van der Waals surface area contributed by atoms with Gasteiger partial charge in [-0.05, 0) is 44.2 Å². The van der Waals surface area contributed by atoms with E-state index in [0.717, 1.165) is 0 Å². The van der Waals surface area contributed by atoms with Crippen molar-refractivity contribution in [3.63, 3.8) is 0 Å². The molecule has 0 aliphatic carbocycles. The fraction of sp³-hybridized carbons (Fsp3) is 0.263. The maximum absolute atomic E-state index is 13.3. The third-order valence-corrected chi connectivity index (χ3v) is 4.04. The van der Waals surface area contributed by atoms with Crippen LogP contribution in [0.3, 0.4) is 0 Å². The molecule has 0 unspecified atom stereocenters. The van der Waals surface area contributed by atoms with Gasteiger partial charge in [-0.25, -0.2) is 15.0 Å². The minimum absolute atomic E-state index is 0.0386. The van der Waals surface area contributed by atoms with Crippen LogP contribution >= 0.6 is 0 Å². The summed E-state index contributed by atoms with van der Waals surface area (Å²) in [5, 5.41) is 15.0. The van der Waals surface area contributed by atoms with Crippen LogP contribution in [0.5, 0.6) is 11.8 Å². The lowest BCUT2D eigenvalue weighted by atomic mass is 10.2. The van der Waals surface area contributed by atoms with Crippen LogP contribution in [-0.2, 0) is 6.18 Å². The molecule has 0 aliphatic heterocycles. The van der Waals surface area contributed by atoms with Crippen LogP contribution in [0.15, 0.2) is 48.9 Å². The molecular weight excluding hydrogens is 401 g/mol. The Balaban J connectivity index is 1.77. The summed E-state index contributed by atoms with van der Waals surface area (Å²) in [6, 6.07) is 7.76. The van der Waals surface area contributed by atoms with Crippen molar-refractivity contribution in [2.24, 2.45) is 0 Å². The Morgan fingerprint density at radius 3 is 2.30 bits per heavy atom. The summed E-state index contributed by atoms with van der Waals surface area (Å²) in [6.07, 6.45) is -1.73. The Bertz CT molecular complexity index is 968. The lowest BCUT2D eigenvalue weighted by Crippen LogP contribution is -2.29. The summed E-state index contributed by atoms with van der Waals surface area (Å²) in [5.74, 6) is 0.0196. The lowest BCUT2D eigenvalue weighted by molar-refractivity contribution is -0.137. The predicted octanol–water partition coefficient (Wildman–Crippen LogP) is 4.00. The number of hydrogen-bond donors (Lipinski definition) is 3. The highest BCUT2D eigenvalue weighted by Gasteiger charge is 2.35. The first-order valence-corrected chi connectivity index (χ1v) is 8.93. The number of nitrogens with zero attached hydrogens (tertiary/aromatic N) is 4. The Labute approximate surface area is 170 Å². The molecule has 0 aliphatic rings. The molecule has 158 valence electrons. The molecule has 0 spiro atoms. The second-order valence-electron chi connectivity index (χ2n) is 6.41. The van der Waals surface area contributed by atoms with E-state index in [-0.39, 0.29) is 12.0 Å². The summed E-state index contributed by atoms with van der Waals surface area (Å²) >= 11 is 0. The van der Waals surface area contributed by atoms with Crippen molar-refractivity contribution >= 4 is 17.5 Å². The molecule has 8 nitrogen and oxygen atoms in total. The van der Waals surface area contributed by atoms with Crippen LogP contribution in [-0.4, -0.2) is 37.2 Å². The van der Waals surface area contributed by atoms with Crippen molar-refractivity contribution in [1.29, 1.82) is 0 Å². The molecule has 1 aromatic carbocycles. The van der Waals surface area contributed by atoms with E-state index in [1.165, 1.54) is 6.92 Å². The van der Waals surface area contributed by atoms with E-state index >= 15 is 0 Å². The fourth-order valence-electron chi connectivity index (χ4n) is 2.27. The zero-order chi connectivity index (χ0) is 21.7. The molecular formula is C19H19F3N6O2. The number of anilines is 3. The second-order valence-corrected chi connectivity index (χ2v) is 6.41. The van der Waals surface area contributed by atoms with Gasteiger partial charge in [0.25, 0.3) is 0 Å². The van der Waals surface area contributed by atoms with Gasteiger partial charge < -0.3 is 20.5 Å². The van der Waals surface area contributed by atoms with Crippen molar-refractivity contribution in [3.8, 4) is 11.8 Å². The van der Waals surface area contributed by atoms with Gasteiger partial charge in [0.2, 0.25) is 5.95 Å². The molecule has 2 aromatic heterocycles. The molecule has 2 atom stereocenters. The highest BCUT2D eigenvalue weighted by Crippen LogP contribution is 2.34. The Morgan fingerprint density at radius 1 is 1.03 bits per heavy atom. The summed E-state index contributed by atoms with van der Waals surface area (Å²) in [4.78, 5) is 15.6. The average Bonchev–Trinajstić information content (AvgIpc) is 2.69. The SMILES string of the molecule is C[C@@H](O)[C@@H](C)Nc1nc(Nc2ccc(Oc3ncccn3)cc2)ncc1C(F)(F)F. The van der Waals surface area contributed by atoms with E-state index < -0.39 is 29.7 Å². The minimum atomic E-state index is -4.64. The quantitative estimate of drug-likeness (QED) is 0.527. The Kier molecular flexibility index (Phi) is 6.31. The molecule has 3 rings (SSSR count). The number of benzene rings is 1. The van der Waals surface area contributed by atoms with Crippen LogP contribution in [0.25, 0.3) is 0 Å². The molecule has 0 saturated heterocycles. The first-order valence-electron chi connectivity index (χ1n) is 8.93. The summed E-state index contributed by atoms with van der Waals surface area (Å²) < 4.78 is 45.2. The maximum Gasteiger partial charge on any atom is 0.421 e. The van der Waals surface area contributed by atoms with Crippen LogP contribution < -0.4 is 15.4 Å². The molecule has 0 bridgehead atoms. The van der Waals surface area contributed by atoms with Crippen molar-refractivity contribution in [1.82, 2.24) is 19.9 Å². The van der Waals surface area contributed by atoms with Gasteiger partial charge in [0, 0.05) is 24.3 Å². The van der Waals surface area contributed by atoms with Crippen molar-refractivity contribution in [3.05, 3.63) is 54.5 Å². The van der Waals surface area contributed by atoms with Crippen LogP contribution in [0.2, 0.25) is 0 Å². The normalized spacial score (nSPS) is 13.4. The molecule has 11 heteroatoms. The van der Waals surface area contributed by atoms with E-state index in [4.69, 9.17) is 4.74 Å². The number of ether oxygens (including phenoxy) is 1. The van der Waals surface area contributed by atoms with E-state index in [9.17, 15) is 18.3 Å². The summed E-state index contributed by atoms with van der Waals surface area (Å²) in [7, 11) is 0. The topological polar surface area (TPSA) is 105 Å². The molecule has 0 saturated carbocycles. The zero-order valence-corrected chi connectivity index (χ0v) is 16.1. The van der Waals surface area contributed by atoms with Crippen molar-refractivity contribution in [2.45, 2.75) is 32.2 Å². The fourth-order valence-corrected chi connectivity index (χ4v) is 2.27. The number of alkyl halides is 3. The molecule has 3 aromatic rings. The van der Waals surface area contributed by atoms with Crippen molar-refractivity contribution < 1.29 is 23.0 Å². The largest absolute Gasteiger partial charge is 0.424 e. The predicted molar refractivity (Wildman–Crippen MR) is 104 cm³/mol. The first-order chi connectivity index (χ1) is 14.2. The Morgan fingerprint density at radius 2 is 1.70 bits per heavy atom. The van der Waals surface area contributed by atoms with Gasteiger partial charge in [-0.1, -0.05) is 0 Å². The van der Waals surface area contributed by atoms with Gasteiger partial charge in [-0.15, -0.1) is 0 Å². The molecule has 0 fully saturated rings. The minimum Gasteiger partial charge on any atom is -0.424 e. The van der Waals surface area contributed by atoms with Gasteiger partial charge in [0.05, 0.1) is 12.1 Å². The second kappa shape index (κ2) is 8.91. The summed E-state index contributed by atoms with van der Waals surface area (Å²) in [5.41, 5.74) is -0.488. The number of nitrogens with one attached hydrogen (secondary N) is 2. The monoisotopic (exact) mass is 420 g/mol. The smallest absolute Gasteiger partial charge is 0.421 e. The third kappa shape index (κ3) is 5.54. The van der Waals surface area contributed by atoms with Crippen LogP contribution in [0.4, 0.5) is 30.6 Å². The lowest BCUT2D eigenvalue weighted by Gasteiger charge is -2.20. The molecule has 0 amide bonds. The van der Waals surface area contributed by atoms with E-state index in [1.807, 2.05) is 0 Å². The molecule has 2 heterocycles. The third-order valence-electron chi connectivity index (χ3n) is 4.04. The first kappa shape index (κ1) is 21.2. The average molecular weight is 420 g/mol. The van der Waals surface area contributed by atoms with E-state index in [0.29, 0.717) is 17.6 Å². The number of rotatable bonds is 7. The highest BCUT2D eigenvalue weighted by molar-refractivity contribution is 5.57. The molecule has 30 heavy (non-hydrogen) atoms. The molecule has 0 radical (unpaired) electrons. The van der Waals surface area contributed by atoms with Gasteiger partial charge in [0.15, 0.2) is 0 Å². The maximum atomic E-state index is 13.3. The highest BCUT2D eigenvalue weighted by atomic mass is 19.4. The zero-order valence-electron chi connectivity index (χ0n) is 16.1. The number of aliphatic hydroxyl groups excluding tert-OH is 1. The van der Waals surface area contributed by atoms with Gasteiger partial charge in [-0.2, -0.15) is 18.2 Å². The van der Waals surface area contributed by atoms with Gasteiger partial charge >= 0.3 is 12.2 Å². The summed E-state index contributed by atoms with van der Waals surface area (Å²) in [6.45, 7) is 3.02. The van der Waals surface area contributed by atoms with Crippen molar-refractivity contribution in [2.75, 3.05) is 10.6 Å². The van der Waals surface area contributed by atoms with Gasteiger partial charge in [0.1, 0.15) is 17.1 Å². The molecule has 3 N–H and O–H groups in total.